The van der Waals surface area contributed by atoms with Crippen molar-refractivity contribution in [3.8, 4) is 0 Å². The Morgan fingerprint density at radius 2 is 1.83 bits per heavy atom. The van der Waals surface area contributed by atoms with Gasteiger partial charge in [0.05, 0.1) is 21.7 Å². The fraction of sp³-hybridized carbons (Fsp3) is 0.267. The van der Waals surface area contributed by atoms with E-state index in [0.29, 0.717) is 46.8 Å². The van der Waals surface area contributed by atoms with Crippen LogP contribution in [0.2, 0.25) is 5.02 Å². The summed E-state index contributed by atoms with van der Waals surface area (Å²) in [7, 11) is 0. The Labute approximate surface area is 242 Å². The quantitative estimate of drug-likeness (QED) is 0.220. The highest BCUT2D eigenvalue weighted by atomic mass is 35.5. The van der Waals surface area contributed by atoms with Crippen molar-refractivity contribution < 1.29 is 32.3 Å². The smallest absolute Gasteiger partial charge is 0.416 e. The molecular weight excluding hydrogens is 580 g/mol. The van der Waals surface area contributed by atoms with Gasteiger partial charge in [-0.05, 0) is 73.7 Å². The van der Waals surface area contributed by atoms with E-state index < -0.39 is 23.5 Å². The number of fused-ring (bicyclic) bond motifs is 1. The van der Waals surface area contributed by atoms with Crippen LogP contribution in [0.25, 0.3) is 10.9 Å². The second kappa shape index (κ2) is 11.4. The Morgan fingerprint density at radius 3 is 2.51 bits per heavy atom. The van der Waals surface area contributed by atoms with Crippen molar-refractivity contribution in [1.82, 2.24) is 9.47 Å². The largest absolute Gasteiger partial charge is 0.478 e. The van der Waals surface area contributed by atoms with Crippen LogP contribution >= 0.6 is 23.4 Å². The summed E-state index contributed by atoms with van der Waals surface area (Å²) in [5.74, 6) is -1.81. The van der Waals surface area contributed by atoms with Crippen molar-refractivity contribution in [1.29, 1.82) is 0 Å². The minimum Gasteiger partial charge on any atom is -0.478 e. The average Bonchev–Trinajstić information content (AvgIpc) is 3.49. The fourth-order valence-corrected chi connectivity index (χ4v) is 6.49. The first kappa shape index (κ1) is 29.0. The normalized spacial score (nSPS) is 15.6. The number of carbonyl (C=O) groups excluding carboxylic acids is 1. The van der Waals surface area contributed by atoms with Crippen molar-refractivity contribution in [2.75, 3.05) is 13.1 Å². The van der Waals surface area contributed by atoms with Gasteiger partial charge in [-0.3, -0.25) is 4.79 Å². The molecule has 5 rings (SSSR count). The fourth-order valence-electron chi connectivity index (χ4n) is 5.23. The molecule has 1 unspecified atom stereocenters. The second-order valence-electron chi connectivity index (χ2n) is 10.1. The molecule has 3 aromatic carbocycles. The van der Waals surface area contributed by atoms with E-state index in [2.05, 4.69) is 0 Å². The van der Waals surface area contributed by atoms with Crippen LogP contribution in [0.15, 0.2) is 70.5 Å². The van der Waals surface area contributed by atoms with Gasteiger partial charge in [0.1, 0.15) is 6.54 Å². The van der Waals surface area contributed by atoms with Crippen LogP contribution in [0.3, 0.4) is 0 Å². The predicted molar refractivity (Wildman–Crippen MR) is 149 cm³/mol. The summed E-state index contributed by atoms with van der Waals surface area (Å²) >= 11 is 7.40. The summed E-state index contributed by atoms with van der Waals surface area (Å²) in [6, 6.07) is 14.6. The van der Waals surface area contributed by atoms with E-state index in [1.165, 1.54) is 42.1 Å². The third-order valence-electron chi connectivity index (χ3n) is 7.36. The second-order valence-corrected chi connectivity index (χ2v) is 11.6. The Kier molecular flexibility index (Phi) is 8.07. The molecule has 0 spiro atoms. The van der Waals surface area contributed by atoms with Gasteiger partial charge >= 0.3 is 12.1 Å². The first-order valence-electron chi connectivity index (χ1n) is 12.8. The number of likely N-dealkylation sites (tertiary alicyclic amines) is 1. The van der Waals surface area contributed by atoms with Crippen LogP contribution in [-0.2, 0) is 23.9 Å². The molecule has 41 heavy (non-hydrogen) atoms. The molecule has 0 saturated carbocycles. The highest BCUT2D eigenvalue weighted by Gasteiger charge is 2.31. The number of rotatable bonds is 7. The van der Waals surface area contributed by atoms with E-state index in [-0.39, 0.29) is 34.5 Å². The molecule has 0 aliphatic carbocycles. The van der Waals surface area contributed by atoms with E-state index >= 15 is 4.39 Å². The number of carboxylic acids is 1. The number of amides is 1. The molecule has 4 aromatic rings. The molecule has 1 saturated heterocycles. The molecule has 214 valence electrons. The molecule has 1 aromatic heterocycles. The number of alkyl halides is 3. The molecule has 0 radical (unpaired) electrons. The van der Waals surface area contributed by atoms with E-state index in [1.54, 1.807) is 34.6 Å². The third-order valence-corrected chi connectivity index (χ3v) is 8.86. The summed E-state index contributed by atoms with van der Waals surface area (Å²) in [6.07, 6.45) is -3.13. The van der Waals surface area contributed by atoms with Crippen molar-refractivity contribution in [3.63, 3.8) is 0 Å². The number of benzene rings is 3. The van der Waals surface area contributed by atoms with Gasteiger partial charge in [0.2, 0.25) is 5.91 Å². The molecule has 1 atom stereocenters. The van der Waals surface area contributed by atoms with Gasteiger partial charge < -0.3 is 14.6 Å². The summed E-state index contributed by atoms with van der Waals surface area (Å²) in [6.45, 7) is 2.60. The van der Waals surface area contributed by atoms with Gasteiger partial charge in [-0.2, -0.15) is 13.2 Å². The van der Waals surface area contributed by atoms with Gasteiger partial charge in [0.25, 0.3) is 0 Å². The molecular formula is C30H25ClF4N2O3S. The SMILES string of the molecule is Cc1c(Sc2cccc(C(=O)O)c2)c2ccc(Cl)c(F)c2n1CC(=O)N1CCC(Cc2ccc(C(F)(F)F)cc2)C1. The Balaban J connectivity index is 1.36. The average molecular weight is 605 g/mol. The molecule has 1 fully saturated rings. The summed E-state index contributed by atoms with van der Waals surface area (Å²) in [5.41, 5.74) is 1.04. The number of halogens is 5. The number of carboxylic acid groups (broad SMARTS) is 1. The minimum absolute atomic E-state index is 0.0779. The maximum Gasteiger partial charge on any atom is 0.416 e. The van der Waals surface area contributed by atoms with Crippen LogP contribution in [0.4, 0.5) is 17.6 Å². The first-order chi connectivity index (χ1) is 19.4. The lowest BCUT2D eigenvalue weighted by molar-refractivity contribution is -0.137. The predicted octanol–water partition coefficient (Wildman–Crippen LogP) is 7.70. The molecule has 2 heterocycles. The number of carbonyl (C=O) groups is 2. The zero-order valence-corrected chi connectivity index (χ0v) is 23.4. The third kappa shape index (κ3) is 6.08. The zero-order valence-electron chi connectivity index (χ0n) is 21.8. The van der Waals surface area contributed by atoms with Crippen LogP contribution < -0.4 is 0 Å². The summed E-state index contributed by atoms with van der Waals surface area (Å²) in [5, 5.41) is 9.84. The van der Waals surface area contributed by atoms with Crippen molar-refractivity contribution in [2.24, 2.45) is 5.92 Å². The number of hydrogen-bond donors (Lipinski definition) is 1. The van der Waals surface area contributed by atoms with Crippen LogP contribution in [-0.4, -0.2) is 39.5 Å². The Bertz CT molecular complexity index is 1640. The number of hydrogen-bond acceptors (Lipinski definition) is 3. The van der Waals surface area contributed by atoms with Crippen molar-refractivity contribution in [2.45, 2.75) is 42.3 Å². The van der Waals surface area contributed by atoms with Crippen molar-refractivity contribution in [3.05, 3.63) is 93.9 Å². The lowest BCUT2D eigenvalue weighted by Gasteiger charge is -2.19. The number of nitrogens with zero attached hydrogens (tertiary/aromatic N) is 2. The van der Waals surface area contributed by atoms with Gasteiger partial charge in [-0.1, -0.05) is 41.6 Å². The molecule has 1 aliphatic heterocycles. The highest BCUT2D eigenvalue weighted by molar-refractivity contribution is 7.99. The first-order valence-corrected chi connectivity index (χ1v) is 14.0. The summed E-state index contributed by atoms with van der Waals surface area (Å²) < 4.78 is 55.6. The van der Waals surface area contributed by atoms with Crippen molar-refractivity contribution >= 4 is 46.1 Å². The maximum atomic E-state index is 15.4. The topological polar surface area (TPSA) is 62.5 Å². The van der Waals surface area contributed by atoms with Crippen LogP contribution in [0.1, 0.15) is 33.6 Å². The monoisotopic (exact) mass is 604 g/mol. The number of aromatic carboxylic acids is 1. The minimum atomic E-state index is -4.39. The van der Waals surface area contributed by atoms with E-state index in [4.69, 9.17) is 11.6 Å². The molecule has 1 amide bonds. The lowest BCUT2D eigenvalue weighted by Crippen LogP contribution is -2.32. The van der Waals surface area contributed by atoms with Crippen LogP contribution in [0.5, 0.6) is 0 Å². The molecule has 1 aliphatic rings. The zero-order chi connectivity index (χ0) is 29.5. The summed E-state index contributed by atoms with van der Waals surface area (Å²) in [4.78, 5) is 27.9. The van der Waals surface area contributed by atoms with E-state index in [1.807, 2.05) is 0 Å². The van der Waals surface area contributed by atoms with Gasteiger partial charge in [0, 0.05) is 34.0 Å². The molecule has 11 heteroatoms. The van der Waals surface area contributed by atoms with Gasteiger partial charge in [-0.15, -0.1) is 0 Å². The Morgan fingerprint density at radius 1 is 1.10 bits per heavy atom. The van der Waals surface area contributed by atoms with Gasteiger partial charge in [-0.25, -0.2) is 9.18 Å². The van der Waals surface area contributed by atoms with E-state index in [0.717, 1.165) is 17.7 Å². The standard InChI is InChI=1S/C30H25ClF4N2O3S/c1-17-28(41-22-4-2-3-20(14-22)29(39)40)23-9-10-24(31)26(32)27(23)37(17)16-25(38)36-12-11-19(15-36)13-18-5-7-21(8-6-18)30(33,34)35/h2-10,14,19H,11-13,15-16H2,1H3,(H,39,40). The Hall–Kier alpha value is -3.50. The van der Waals surface area contributed by atoms with E-state index in [9.17, 15) is 27.9 Å². The molecule has 5 nitrogen and oxygen atoms in total. The van der Waals surface area contributed by atoms with Gasteiger partial charge in [0.15, 0.2) is 5.82 Å². The van der Waals surface area contributed by atoms with Crippen LogP contribution in [0, 0.1) is 18.7 Å². The maximum absolute atomic E-state index is 15.4. The lowest BCUT2D eigenvalue weighted by atomic mass is 9.98. The molecule has 1 N–H and O–H groups in total. The molecule has 0 bridgehead atoms. The highest BCUT2D eigenvalue weighted by Crippen LogP contribution is 2.41. The number of aromatic nitrogens is 1.